The number of nitrogens with zero attached hydrogens (tertiary/aromatic N) is 4. The van der Waals surface area contributed by atoms with E-state index in [1.165, 1.54) is 21.3 Å². The number of fused-ring (bicyclic) bond motifs is 3. The molecule has 4 N–H and O–H groups in total. The summed E-state index contributed by atoms with van der Waals surface area (Å²) in [6.07, 6.45) is 9.08. The molecule has 66 heavy (non-hydrogen) atoms. The molecular formula is C50H58N8O8. The number of piperidine rings is 1. The monoisotopic (exact) mass is 898 g/mol. The average Bonchev–Trinajstić information content (AvgIpc) is 4.00. The lowest BCUT2D eigenvalue weighted by molar-refractivity contribution is -0.140. The zero-order valence-electron chi connectivity index (χ0n) is 37.9. The van der Waals surface area contributed by atoms with Crippen LogP contribution in [0.2, 0.25) is 0 Å². The minimum Gasteiger partial charge on any atom is -0.453 e. The second kappa shape index (κ2) is 17.9. The van der Waals surface area contributed by atoms with Crippen LogP contribution in [0.1, 0.15) is 82.0 Å². The fraction of sp³-hybridized carbons (Fsp3) is 0.480. The Kier molecular flexibility index (Phi) is 11.8. The maximum atomic E-state index is 14.4. The van der Waals surface area contributed by atoms with Gasteiger partial charge >= 0.3 is 12.2 Å². The summed E-state index contributed by atoms with van der Waals surface area (Å²) in [4.78, 5) is 73.7. The summed E-state index contributed by atoms with van der Waals surface area (Å²) in [6.45, 7) is 3.49. The van der Waals surface area contributed by atoms with Gasteiger partial charge in [0.15, 0.2) is 0 Å². The van der Waals surface area contributed by atoms with E-state index in [-0.39, 0.29) is 41.3 Å². The van der Waals surface area contributed by atoms with Gasteiger partial charge < -0.3 is 49.3 Å². The van der Waals surface area contributed by atoms with Crippen LogP contribution in [0.25, 0.3) is 44.4 Å². The van der Waals surface area contributed by atoms with Crippen molar-refractivity contribution in [2.75, 3.05) is 41.1 Å². The molecule has 3 saturated heterocycles. The molecule has 16 heteroatoms. The zero-order valence-corrected chi connectivity index (χ0v) is 37.9. The van der Waals surface area contributed by atoms with Gasteiger partial charge in [-0.25, -0.2) is 19.6 Å². The molecule has 4 amide bonds. The highest BCUT2D eigenvalue weighted by atomic mass is 16.5. The van der Waals surface area contributed by atoms with Crippen LogP contribution < -0.4 is 10.6 Å². The number of carbonyl (C=O) groups excluding carboxylic acids is 4. The molecule has 3 aliphatic heterocycles. The molecule has 1 unspecified atom stereocenters. The summed E-state index contributed by atoms with van der Waals surface area (Å²) in [5, 5.41) is 7.74. The number of carbonyl (C=O) groups is 4. The predicted octanol–water partition coefficient (Wildman–Crippen LogP) is 7.30. The maximum absolute atomic E-state index is 14.4. The summed E-state index contributed by atoms with van der Waals surface area (Å²) in [5.74, 6) is 1.49. The normalized spacial score (nSPS) is 23.5. The SMILES string of the molecule is COC(=O)N[C@H](C(=O)N1[C@@H]2CC[C@@H](C2)[C@H]1c1ncc(-c2ccc(-c3ccc4cc(-c5cnc([C@@H]6CC7(CC7)CN6C(=O)[C@@H](NC(=O)OC)C(C)OC)[nH]5)ccc4c3)cc2)[nH]1)C1CCOCC1. The van der Waals surface area contributed by atoms with Crippen LogP contribution in [0.5, 0.6) is 0 Å². The van der Waals surface area contributed by atoms with Gasteiger partial charge in [0.1, 0.15) is 23.7 Å². The number of methoxy groups -OCH3 is 3. The number of imidazole rings is 2. The summed E-state index contributed by atoms with van der Waals surface area (Å²) in [6, 6.07) is 19.3. The average molecular weight is 899 g/mol. The Bertz CT molecular complexity index is 2620. The molecule has 2 bridgehead atoms. The third-order valence-corrected chi connectivity index (χ3v) is 15.1. The van der Waals surface area contributed by atoms with E-state index >= 15 is 0 Å². The molecule has 5 fully saturated rings. The van der Waals surface area contributed by atoms with Crippen molar-refractivity contribution in [1.29, 1.82) is 0 Å². The van der Waals surface area contributed by atoms with E-state index in [1.54, 1.807) is 6.92 Å². The predicted molar refractivity (Wildman–Crippen MR) is 245 cm³/mol. The first kappa shape index (κ1) is 43.6. The van der Waals surface area contributed by atoms with E-state index in [2.05, 4.69) is 81.3 Å². The molecule has 1 spiro atoms. The molecule has 5 aromatic rings. The number of aromatic nitrogens is 4. The molecule has 0 radical (unpaired) electrons. The Morgan fingerprint density at radius 1 is 0.758 bits per heavy atom. The largest absolute Gasteiger partial charge is 0.453 e. The van der Waals surface area contributed by atoms with Crippen molar-refractivity contribution < 1.29 is 38.1 Å². The van der Waals surface area contributed by atoms with Gasteiger partial charge in [-0.05, 0) is 115 Å². The topological polar surface area (TPSA) is 193 Å². The summed E-state index contributed by atoms with van der Waals surface area (Å²) in [5.41, 5.74) is 5.98. The highest BCUT2D eigenvalue weighted by molar-refractivity contribution is 5.91. The number of hydrogen-bond donors (Lipinski definition) is 4. The highest BCUT2D eigenvalue weighted by Gasteiger charge is 2.56. The van der Waals surface area contributed by atoms with Crippen molar-refractivity contribution in [3.63, 3.8) is 0 Å². The number of benzene rings is 3. The number of alkyl carbamates (subject to hydrolysis) is 2. The standard InChI is InChI=1S/C50H58N8O8/c1-28(63-2)41(55-48(61)64-3)46(59)57-27-50(17-18-50)24-40(57)44-51-26-39(53-44)35-12-11-33-21-32(9-10-34(33)22-35)29-5-7-30(8-6-29)38-25-52-45(54-38)43-36-13-14-37(23-36)58(43)47(60)42(56-49(62)65-4)31-15-19-66-20-16-31/h5-12,21-22,25-26,28,31,36-37,40-43H,13-20,23-24,27H2,1-4H3,(H,51,53)(H,52,54)(H,55,61)(H,56,62)/t28?,36-,37+,40-,41-,42-,43-/m0/s1. The van der Waals surface area contributed by atoms with Crippen molar-refractivity contribution in [1.82, 2.24) is 40.4 Å². The molecule has 346 valence electrons. The number of ether oxygens (including phenoxy) is 4. The molecular weight excluding hydrogens is 841 g/mol. The lowest BCUT2D eigenvalue weighted by atomic mass is 9.89. The molecule has 16 nitrogen and oxygen atoms in total. The molecule has 10 rings (SSSR count). The number of rotatable bonds is 12. The van der Waals surface area contributed by atoms with E-state index in [1.807, 2.05) is 22.2 Å². The summed E-state index contributed by atoms with van der Waals surface area (Å²) in [7, 11) is 4.12. The van der Waals surface area contributed by atoms with Crippen LogP contribution in [0.4, 0.5) is 9.59 Å². The molecule has 2 aromatic heterocycles. The Morgan fingerprint density at radius 3 is 2.08 bits per heavy atom. The number of hydrogen-bond acceptors (Lipinski definition) is 10. The minimum absolute atomic E-state index is 0.0262. The lowest BCUT2D eigenvalue weighted by Crippen LogP contribution is -2.55. The summed E-state index contributed by atoms with van der Waals surface area (Å²) >= 11 is 0. The second-order valence-electron chi connectivity index (χ2n) is 18.9. The zero-order chi connectivity index (χ0) is 45.7. The number of likely N-dealkylation sites (tertiary alicyclic amines) is 2. The number of nitrogens with one attached hydrogen (secondary N) is 4. The van der Waals surface area contributed by atoms with Crippen LogP contribution in [0.3, 0.4) is 0 Å². The number of amides is 4. The minimum atomic E-state index is -0.897. The highest BCUT2D eigenvalue weighted by Crippen LogP contribution is 2.58. The van der Waals surface area contributed by atoms with Gasteiger partial charge in [0, 0.05) is 38.5 Å². The van der Waals surface area contributed by atoms with E-state index in [0.717, 1.165) is 94.6 Å². The Balaban J connectivity index is 0.832. The first-order valence-electron chi connectivity index (χ1n) is 23.2. The number of H-pyrrole nitrogens is 2. The molecule has 7 atom stereocenters. The molecule has 5 aliphatic rings. The lowest BCUT2D eigenvalue weighted by Gasteiger charge is -2.39. The summed E-state index contributed by atoms with van der Waals surface area (Å²) < 4.78 is 20.8. The smallest absolute Gasteiger partial charge is 0.407 e. The second-order valence-corrected chi connectivity index (χ2v) is 18.9. The van der Waals surface area contributed by atoms with Crippen LogP contribution in [-0.2, 0) is 28.5 Å². The van der Waals surface area contributed by atoms with Gasteiger partial charge in [0.25, 0.3) is 0 Å². The van der Waals surface area contributed by atoms with E-state index in [9.17, 15) is 19.2 Å². The van der Waals surface area contributed by atoms with Crippen LogP contribution in [-0.4, -0.2) is 119 Å². The number of aromatic amines is 2. The van der Waals surface area contributed by atoms with Crippen molar-refractivity contribution in [2.45, 2.75) is 94.6 Å². The van der Waals surface area contributed by atoms with Gasteiger partial charge in [-0.1, -0.05) is 48.5 Å². The molecule has 5 heterocycles. The van der Waals surface area contributed by atoms with Gasteiger partial charge in [-0.3, -0.25) is 9.59 Å². The van der Waals surface area contributed by atoms with Crippen LogP contribution in [0.15, 0.2) is 73.1 Å². The molecule has 2 saturated carbocycles. The van der Waals surface area contributed by atoms with Gasteiger partial charge in [-0.2, -0.15) is 0 Å². The van der Waals surface area contributed by atoms with Crippen molar-refractivity contribution in [3.8, 4) is 33.6 Å². The van der Waals surface area contributed by atoms with Crippen molar-refractivity contribution in [2.24, 2.45) is 17.3 Å². The first-order chi connectivity index (χ1) is 32.0. The Morgan fingerprint density at radius 2 is 1.38 bits per heavy atom. The molecule has 2 aliphatic carbocycles. The fourth-order valence-electron chi connectivity index (χ4n) is 11.1. The maximum Gasteiger partial charge on any atom is 0.407 e. The third-order valence-electron chi connectivity index (χ3n) is 15.1. The van der Waals surface area contributed by atoms with Crippen LogP contribution >= 0.6 is 0 Å². The van der Waals surface area contributed by atoms with Crippen LogP contribution in [0, 0.1) is 17.3 Å². The van der Waals surface area contributed by atoms with E-state index in [4.69, 9.17) is 28.9 Å². The fourth-order valence-corrected chi connectivity index (χ4v) is 11.1. The first-order valence-corrected chi connectivity index (χ1v) is 23.2. The molecule has 3 aromatic carbocycles. The Labute approximate surface area is 383 Å². The van der Waals surface area contributed by atoms with Crippen molar-refractivity contribution in [3.05, 3.63) is 84.7 Å². The van der Waals surface area contributed by atoms with Crippen molar-refractivity contribution >= 4 is 34.8 Å². The third kappa shape index (κ3) is 8.29. The van der Waals surface area contributed by atoms with Gasteiger partial charge in [-0.15, -0.1) is 0 Å². The quantitative estimate of drug-likeness (QED) is 0.0988. The van der Waals surface area contributed by atoms with E-state index in [0.29, 0.717) is 38.5 Å². The van der Waals surface area contributed by atoms with E-state index < -0.39 is 30.4 Å². The van der Waals surface area contributed by atoms with Gasteiger partial charge in [0.05, 0.1) is 56.2 Å². The Hall–Kier alpha value is -6.26. The van der Waals surface area contributed by atoms with Gasteiger partial charge in [0.2, 0.25) is 11.8 Å².